The minimum absolute atomic E-state index is 0.156. The SMILES string of the molecule is COc1ccc(NC(=O)c2ccc(COc3cccc4ccccc34)cc2)cc1. The molecule has 0 aliphatic heterocycles. The van der Waals surface area contributed by atoms with Crippen molar-refractivity contribution in [2.24, 2.45) is 0 Å². The molecule has 0 saturated carbocycles. The van der Waals surface area contributed by atoms with Gasteiger partial charge in [-0.2, -0.15) is 0 Å². The van der Waals surface area contributed by atoms with Crippen LogP contribution in [-0.4, -0.2) is 13.0 Å². The largest absolute Gasteiger partial charge is 0.497 e. The summed E-state index contributed by atoms with van der Waals surface area (Å²) in [4.78, 5) is 12.4. The van der Waals surface area contributed by atoms with Gasteiger partial charge in [-0.05, 0) is 53.4 Å². The van der Waals surface area contributed by atoms with Gasteiger partial charge in [-0.1, -0.05) is 48.5 Å². The Morgan fingerprint density at radius 1 is 0.828 bits per heavy atom. The number of hydrogen-bond acceptors (Lipinski definition) is 3. The van der Waals surface area contributed by atoms with E-state index in [0.29, 0.717) is 12.2 Å². The van der Waals surface area contributed by atoms with E-state index in [1.165, 1.54) is 0 Å². The highest BCUT2D eigenvalue weighted by molar-refractivity contribution is 6.04. The van der Waals surface area contributed by atoms with Gasteiger partial charge in [0.05, 0.1) is 7.11 Å². The summed E-state index contributed by atoms with van der Waals surface area (Å²) in [6.07, 6.45) is 0. The standard InChI is InChI=1S/C25H21NO3/c1-28-22-15-13-21(14-16-22)26-25(27)20-11-9-18(10-12-20)17-29-24-8-4-6-19-5-2-3-7-23(19)24/h2-16H,17H2,1H3,(H,26,27). The second kappa shape index (κ2) is 8.48. The van der Waals surface area contributed by atoms with Crippen LogP contribution in [0.25, 0.3) is 10.8 Å². The van der Waals surface area contributed by atoms with Gasteiger partial charge in [-0.25, -0.2) is 0 Å². The van der Waals surface area contributed by atoms with Crippen LogP contribution < -0.4 is 14.8 Å². The normalized spacial score (nSPS) is 10.5. The number of benzene rings is 4. The first kappa shape index (κ1) is 18.6. The van der Waals surface area contributed by atoms with Crippen molar-refractivity contribution in [2.45, 2.75) is 6.61 Å². The van der Waals surface area contributed by atoms with Crippen molar-refractivity contribution < 1.29 is 14.3 Å². The second-order valence-corrected chi connectivity index (χ2v) is 6.65. The van der Waals surface area contributed by atoms with Crippen LogP contribution in [0.4, 0.5) is 5.69 Å². The van der Waals surface area contributed by atoms with Gasteiger partial charge in [-0.15, -0.1) is 0 Å². The number of methoxy groups -OCH3 is 1. The molecule has 0 aliphatic rings. The first-order valence-corrected chi connectivity index (χ1v) is 9.38. The Bertz CT molecular complexity index is 1110. The molecule has 4 nitrogen and oxygen atoms in total. The van der Waals surface area contributed by atoms with Crippen molar-refractivity contribution in [3.63, 3.8) is 0 Å². The molecule has 0 fully saturated rings. The van der Waals surface area contributed by atoms with E-state index in [0.717, 1.165) is 33.5 Å². The van der Waals surface area contributed by atoms with Crippen LogP contribution in [0.5, 0.6) is 11.5 Å². The van der Waals surface area contributed by atoms with Crippen LogP contribution in [0.3, 0.4) is 0 Å². The number of ether oxygens (including phenoxy) is 2. The summed E-state index contributed by atoms with van der Waals surface area (Å²) in [7, 11) is 1.61. The number of fused-ring (bicyclic) bond motifs is 1. The van der Waals surface area contributed by atoms with Crippen LogP contribution >= 0.6 is 0 Å². The molecule has 0 radical (unpaired) electrons. The van der Waals surface area contributed by atoms with E-state index in [4.69, 9.17) is 9.47 Å². The highest BCUT2D eigenvalue weighted by Crippen LogP contribution is 2.26. The fraction of sp³-hybridized carbons (Fsp3) is 0.0800. The van der Waals surface area contributed by atoms with Gasteiger partial charge in [0.1, 0.15) is 18.1 Å². The summed E-state index contributed by atoms with van der Waals surface area (Å²) in [5.41, 5.74) is 2.31. The number of nitrogens with one attached hydrogen (secondary N) is 1. The molecule has 4 aromatic rings. The summed E-state index contributed by atoms with van der Waals surface area (Å²) < 4.78 is 11.1. The fourth-order valence-electron chi connectivity index (χ4n) is 3.11. The molecule has 0 aromatic heterocycles. The van der Waals surface area contributed by atoms with E-state index in [9.17, 15) is 4.79 Å². The van der Waals surface area contributed by atoms with E-state index in [2.05, 4.69) is 23.5 Å². The first-order valence-electron chi connectivity index (χ1n) is 9.38. The molecular formula is C25H21NO3. The number of hydrogen-bond donors (Lipinski definition) is 1. The van der Waals surface area contributed by atoms with Gasteiger partial charge < -0.3 is 14.8 Å². The summed E-state index contributed by atoms with van der Waals surface area (Å²) in [5, 5.41) is 5.12. The lowest BCUT2D eigenvalue weighted by molar-refractivity contribution is 0.102. The first-order chi connectivity index (χ1) is 14.2. The number of carbonyl (C=O) groups is 1. The molecule has 1 amide bonds. The third-order valence-corrected chi connectivity index (χ3v) is 4.71. The number of rotatable bonds is 6. The van der Waals surface area contributed by atoms with Gasteiger partial charge in [-0.3, -0.25) is 4.79 Å². The van der Waals surface area contributed by atoms with Crippen molar-refractivity contribution in [1.82, 2.24) is 0 Å². The van der Waals surface area contributed by atoms with E-state index in [-0.39, 0.29) is 5.91 Å². The predicted octanol–water partition coefficient (Wildman–Crippen LogP) is 5.68. The highest BCUT2D eigenvalue weighted by Gasteiger charge is 2.07. The van der Waals surface area contributed by atoms with E-state index in [1.807, 2.05) is 60.7 Å². The van der Waals surface area contributed by atoms with Crippen molar-refractivity contribution in [3.05, 3.63) is 102 Å². The predicted molar refractivity (Wildman–Crippen MR) is 116 cm³/mol. The van der Waals surface area contributed by atoms with E-state index in [1.54, 1.807) is 19.2 Å². The molecule has 4 aromatic carbocycles. The Kier molecular flexibility index (Phi) is 5.43. The smallest absolute Gasteiger partial charge is 0.255 e. The zero-order valence-corrected chi connectivity index (χ0v) is 16.1. The highest BCUT2D eigenvalue weighted by atomic mass is 16.5. The van der Waals surface area contributed by atoms with Gasteiger partial charge in [0.2, 0.25) is 0 Å². The van der Waals surface area contributed by atoms with Crippen molar-refractivity contribution in [3.8, 4) is 11.5 Å². The Balaban J connectivity index is 1.40. The van der Waals surface area contributed by atoms with Gasteiger partial charge >= 0.3 is 0 Å². The van der Waals surface area contributed by atoms with Gasteiger partial charge in [0.25, 0.3) is 5.91 Å². The third kappa shape index (κ3) is 4.38. The Morgan fingerprint density at radius 2 is 1.55 bits per heavy atom. The molecule has 29 heavy (non-hydrogen) atoms. The molecule has 4 heteroatoms. The molecule has 4 rings (SSSR count). The molecule has 0 spiro atoms. The van der Waals surface area contributed by atoms with Gasteiger partial charge in [0.15, 0.2) is 0 Å². The van der Waals surface area contributed by atoms with Crippen molar-refractivity contribution >= 4 is 22.4 Å². The van der Waals surface area contributed by atoms with Crippen LogP contribution in [0.15, 0.2) is 91.0 Å². The summed E-state index contributed by atoms with van der Waals surface area (Å²) in [6, 6.07) is 28.8. The molecule has 0 saturated heterocycles. The van der Waals surface area contributed by atoms with Crippen LogP contribution in [-0.2, 0) is 6.61 Å². The lowest BCUT2D eigenvalue weighted by Gasteiger charge is -2.10. The molecule has 0 bridgehead atoms. The van der Waals surface area contributed by atoms with Crippen LogP contribution in [0, 0.1) is 0 Å². The fourth-order valence-corrected chi connectivity index (χ4v) is 3.11. The maximum atomic E-state index is 12.4. The quantitative estimate of drug-likeness (QED) is 0.466. The molecule has 144 valence electrons. The molecule has 0 atom stereocenters. The number of carbonyl (C=O) groups excluding carboxylic acids is 1. The van der Waals surface area contributed by atoms with Gasteiger partial charge in [0, 0.05) is 16.6 Å². The van der Waals surface area contributed by atoms with Crippen molar-refractivity contribution in [1.29, 1.82) is 0 Å². The van der Waals surface area contributed by atoms with E-state index >= 15 is 0 Å². The zero-order chi connectivity index (χ0) is 20.1. The Hall–Kier alpha value is -3.79. The lowest BCUT2D eigenvalue weighted by Crippen LogP contribution is -2.11. The molecule has 0 heterocycles. The molecule has 1 N–H and O–H groups in total. The minimum atomic E-state index is -0.156. The topological polar surface area (TPSA) is 47.6 Å². The summed E-state index contributed by atoms with van der Waals surface area (Å²) in [6.45, 7) is 0.439. The number of amides is 1. The zero-order valence-electron chi connectivity index (χ0n) is 16.1. The summed E-state index contributed by atoms with van der Waals surface area (Å²) >= 11 is 0. The average molecular weight is 383 g/mol. The molecular weight excluding hydrogens is 362 g/mol. The maximum absolute atomic E-state index is 12.4. The minimum Gasteiger partial charge on any atom is -0.497 e. The van der Waals surface area contributed by atoms with Crippen LogP contribution in [0.2, 0.25) is 0 Å². The average Bonchev–Trinajstić information content (AvgIpc) is 2.78. The molecule has 0 unspecified atom stereocenters. The maximum Gasteiger partial charge on any atom is 0.255 e. The lowest BCUT2D eigenvalue weighted by atomic mass is 10.1. The monoisotopic (exact) mass is 383 g/mol. The van der Waals surface area contributed by atoms with Crippen molar-refractivity contribution in [2.75, 3.05) is 12.4 Å². The van der Waals surface area contributed by atoms with E-state index < -0.39 is 0 Å². The van der Waals surface area contributed by atoms with Crippen LogP contribution in [0.1, 0.15) is 15.9 Å². The molecule has 0 aliphatic carbocycles. The number of anilines is 1. The second-order valence-electron chi connectivity index (χ2n) is 6.65. The Labute approximate surface area is 169 Å². The Morgan fingerprint density at radius 3 is 2.31 bits per heavy atom. The summed E-state index contributed by atoms with van der Waals surface area (Å²) in [5.74, 6) is 1.44. The third-order valence-electron chi connectivity index (χ3n) is 4.71.